The fraction of sp³-hybridized carbons (Fsp3) is 0.360. The predicted molar refractivity (Wildman–Crippen MR) is 139 cm³/mol. The number of amides is 1. The van der Waals surface area contributed by atoms with Gasteiger partial charge >= 0.3 is 0 Å². The van der Waals surface area contributed by atoms with E-state index >= 15 is 0 Å². The molecule has 4 N–H and O–H groups in total. The molecule has 5 heterocycles. The summed E-state index contributed by atoms with van der Waals surface area (Å²) in [5, 5.41) is 27.9. The molecular weight excluding hydrogens is 528 g/mol. The standard InChI is InChI=1S/C25H25ClN8O5/c1-38-16-4-5-28-15(7-16)10-29-22-17-23(33-21(32-22)12-6-13(26)9-27-8-12)34(11-30-17)25-19(36)18(35)20(39-25)24(37)31-14-2-3-14/h4-9,11,14,18-20,25,35-36H,2-3,10H2,1H3,(H,31,37)(H,29,32,33)/t18-,19+,20-,25+/m0/s1. The number of carbonyl (C=O) groups excluding carboxylic acids is 1. The van der Waals surface area contributed by atoms with Gasteiger partial charge in [0.2, 0.25) is 0 Å². The number of aliphatic hydroxyl groups excluding tert-OH is 2. The second-order valence-electron chi connectivity index (χ2n) is 9.36. The first-order valence-electron chi connectivity index (χ1n) is 12.3. The fourth-order valence-electron chi connectivity index (χ4n) is 4.36. The molecule has 39 heavy (non-hydrogen) atoms. The van der Waals surface area contributed by atoms with Crippen molar-refractivity contribution in [2.45, 2.75) is 50.0 Å². The summed E-state index contributed by atoms with van der Waals surface area (Å²) in [4.78, 5) is 34.9. The van der Waals surface area contributed by atoms with E-state index in [1.807, 2.05) is 0 Å². The van der Waals surface area contributed by atoms with E-state index in [-0.39, 0.29) is 11.9 Å². The number of hydrogen-bond donors (Lipinski definition) is 4. The molecule has 1 aliphatic heterocycles. The molecule has 0 bridgehead atoms. The topological polar surface area (TPSA) is 169 Å². The Morgan fingerprint density at radius 2 is 2.05 bits per heavy atom. The molecule has 202 valence electrons. The van der Waals surface area contributed by atoms with Gasteiger partial charge in [0, 0.05) is 36.3 Å². The SMILES string of the molecule is COc1ccnc(CNc2nc(-c3cncc(Cl)c3)nc3c2ncn3[C@@H]2O[C@H](C(=O)NC3CC3)[C@@H](O)[C@H]2O)c1. The molecule has 1 saturated carbocycles. The van der Waals surface area contributed by atoms with Crippen molar-refractivity contribution >= 4 is 34.5 Å². The average Bonchev–Trinajstić information content (AvgIpc) is 3.58. The number of anilines is 1. The highest BCUT2D eigenvalue weighted by Gasteiger charge is 2.48. The Morgan fingerprint density at radius 3 is 2.82 bits per heavy atom. The number of aromatic nitrogens is 6. The molecular formula is C25H25ClN8O5. The number of halogens is 1. The molecule has 1 saturated heterocycles. The highest BCUT2D eigenvalue weighted by Crippen LogP contribution is 2.34. The Labute approximate surface area is 227 Å². The van der Waals surface area contributed by atoms with Crippen LogP contribution in [0.3, 0.4) is 0 Å². The minimum atomic E-state index is -1.43. The fourth-order valence-corrected chi connectivity index (χ4v) is 4.53. The predicted octanol–water partition coefficient (Wildman–Crippen LogP) is 1.46. The first-order chi connectivity index (χ1) is 18.9. The monoisotopic (exact) mass is 552 g/mol. The second kappa shape index (κ2) is 10.3. The van der Waals surface area contributed by atoms with Crippen molar-refractivity contribution in [2.24, 2.45) is 0 Å². The number of rotatable bonds is 8. The minimum absolute atomic E-state index is 0.0767. The van der Waals surface area contributed by atoms with Gasteiger partial charge in [0.25, 0.3) is 5.91 Å². The number of imidazole rings is 1. The third-order valence-corrected chi connectivity index (χ3v) is 6.75. The maximum absolute atomic E-state index is 12.6. The van der Waals surface area contributed by atoms with Crippen LogP contribution in [-0.2, 0) is 16.1 Å². The van der Waals surface area contributed by atoms with Crippen LogP contribution in [-0.4, -0.2) is 77.1 Å². The number of hydrogen-bond acceptors (Lipinski definition) is 11. The minimum Gasteiger partial charge on any atom is -0.497 e. The first-order valence-corrected chi connectivity index (χ1v) is 12.7. The molecule has 0 unspecified atom stereocenters. The summed E-state index contributed by atoms with van der Waals surface area (Å²) in [7, 11) is 1.58. The van der Waals surface area contributed by atoms with Gasteiger partial charge in [-0.3, -0.25) is 19.3 Å². The molecule has 6 rings (SSSR count). The van der Waals surface area contributed by atoms with Crippen molar-refractivity contribution in [1.29, 1.82) is 0 Å². The Kier molecular flexibility index (Phi) is 6.73. The van der Waals surface area contributed by atoms with Gasteiger partial charge < -0.3 is 30.3 Å². The first kappa shape index (κ1) is 25.4. The summed E-state index contributed by atoms with van der Waals surface area (Å²) in [6.45, 7) is 0.300. The number of carbonyl (C=O) groups is 1. The van der Waals surface area contributed by atoms with Crippen molar-refractivity contribution < 1.29 is 24.5 Å². The van der Waals surface area contributed by atoms with Gasteiger partial charge in [-0.05, 0) is 25.0 Å². The summed E-state index contributed by atoms with van der Waals surface area (Å²) < 4.78 is 12.6. The molecule has 13 nitrogen and oxygen atoms in total. The highest BCUT2D eigenvalue weighted by molar-refractivity contribution is 6.30. The number of fused-ring (bicyclic) bond motifs is 1. The van der Waals surface area contributed by atoms with Crippen molar-refractivity contribution in [2.75, 3.05) is 12.4 Å². The Morgan fingerprint density at radius 1 is 1.21 bits per heavy atom. The molecule has 14 heteroatoms. The van der Waals surface area contributed by atoms with Crippen molar-refractivity contribution in [3.63, 3.8) is 0 Å². The molecule has 2 fully saturated rings. The van der Waals surface area contributed by atoms with Crippen LogP contribution in [0.5, 0.6) is 5.75 Å². The Bertz CT molecular complexity index is 1530. The molecule has 0 spiro atoms. The highest BCUT2D eigenvalue weighted by atomic mass is 35.5. The van der Waals surface area contributed by atoms with E-state index in [9.17, 15) is 15.0 Å². The van der Waals surface area contributed by atoms with Crippen LogP contribution in [0, 0.1) is 0 Å². The molecule has 4 aromatic heterocycles. The normalized spacial score (nSPS) is 22.7. The smallest absolute Gasteiger partial charge is 0.252 e. The van der Waals surface area contributed by atoms with E-state index in [2.05, 4.69) is 35.6 Å². The lowest BCUT2D eigenvalue weighted by atomic mass is 10.1. The largest absolute Gasteiger partial charge is 0.497 e. The number of ether oxygens (including phenoxy) is 2. The molecule has 0 aromatic carbocycles. The van der Waals surface area contributed by atoms with E-state index in [1.54, 1.807) is 37.7 Å². The summed E-state index contributed by atoms with van der Waals surface area (Å²) in [6.07, 6.45) is 2.72. The van der Waals surface area contributed by atoms with Crippen LogP contribution >= 0.6 is 11.6 Å². The molecule has 4 atom stereocenters. The summed E-state index contributed by atoms with van der Waals surface area (Å²) in [5.41, 5.74) is 1.94. The Hall–Kier alpha value is -3.91. The van der Waals surface area contributed by atoms with Crippen LogP contribution in [0.1, 0.15) is 24.8 Å². The molecule has 1 aliphatic carbocycles. The number of nitrogens with one attached hydrogen (secondary N) is 2. The third kappa shape index (κ3) is 5.08. The summed E-state index contributed by atoms with van der Waals surface area (Å²) in [6, 6.07) is 5.29. The van der Waals surface area contributed by atoms with E-state index in [0.29, 0.717) is 45.6 Å². The zero-order valence-electron chi connectivity index (χ0n) is 20.7. The lowest BCUT2D eigenvalue weighted by Gasteiger charge is -2.17. The van der Waals surface area contributed by atoms with Gasteiger partial charge in [0.15, 0.2) is 35.1 Å². The van der Waals surface area contributed by atoms with Crippen LogP contribution in [0.4, 0.5) is 5.82 Å². The lowest BCUT2D eigenvalue weighted by Crippen LogP contribution is -2.43. The van der Waals surface area contributed by atoms with Crippen molar-refractivity contribution in [1.82, 2.24) is 34.8 Å². The number of pyridine rings is 2. The number of aliphatic hydroxyl groups is 2. The number of nitrogens with zero attached hydrogens (tertiary/aromatic N) is 6. The van der Waals surface area contributed by atoms with E-state index in [1.165, 1.54) is 17.1 Å². The van der Waals surface area contributed by atoms with Gasteiger partial charge in [-0.2, -0.15) is 0 Å². The van der Waals surface area contributed by atoms with Gasteiger partial charge in [0.1, 0.15) is 18.0 Å². The van der Waals surface area contributed by atoms with E-state index in [0.717, 1.165) is 12.8 Å². The van der Waals surface area contributed by atoms with Gasteiger partial charge in [-0.1, -0.05) is 11.6 Å². The third-order valence-electron chi connectivity index (χ3n) is 6.54. The van der Waals surface area contributed by atoms with Crippen LogP contribution < -0.4 is 15.4 Å². The maximum Gasteiger partial charge on any atom is 0.252 e. The van der Waals surface area contributed by atoms with E-state index < -0.39 is 30.4 Å². The van der Waals surface area contributed by atoms with Crippen molar-refractivity contribution in [3.05, 3.63) is 53.8 Å². The van der Waals surface area contributed by atoms with Crippen LogP contribution in [0.25, 0.3) is 22.6 Å². The molecule has 0 radical (unpaired) electrons. The quantitative estimate of drug-likeness (QED) is 0.249. The zero-order chi connectivity index (χ0) is 27.1. The van der Waals surface area contributed by atoms with Gasteiger partial charge in [-0.25, -0.2) is 15.0 Å². The Balaban J connectivity index is 1.37. The molecule has 2 aliphatic rings. The maximum atomic E-state index is 12.6. The van der Waals surface area contributed by atoms with Gasteiger partial charge in [-0.15, -0.1) is 0 Å². The van der Waals surface area contributed by atoms with E-state index in [4.69, 9.17) is 21.1 Å². The van der Waals surface area contributed by atoms with Gasteiger partial charge in [0.05, 0.1) is 30.7 Å². The zero-order valence-corrected chi connectivity index (χ0v) is 21.5. The average molecular weight is 553 g/mol. The van der Waals surface area contributed by atoms with Crippen LogP contribution in [0.2, 0.25) is 5.02 Å². The van der Waals surface area contributed by atoms with Crippen molar-refractivity contribution in [3.8, 4) is 17.1 Å². The molecule has 1 amide bonds. The number of methoxy groups -OCH3 is 1. The summed E-state index contributed by atoms with van der Waals surface area (Å²) >= 11 is 6.17. The molecule has 4 aromatic rings. The second-order valence-corrected chi connectivity index (χ2v) is 9.80. The summed E-state index contributed by atoms with van der Waals surface area (Å²) in [5.74, 6) is 0.867. The van der Waals surface area contributed by atoms with Crippen LogP contribution in [0.15, 0.2) is 43.1 Å². The lowest BCUT2D eigenvalue weighted by molar-refractivity contribution is -0.137.